The van der Waals surface area contributed by atoms with Crippen LogP contribution in [-0.2, 0) is 16.6 Å². The Labute approximate surface area is 176 Å². The predicted octanol–water partition coefficient (Wildman–Crippen LogP) is 3.53. The molecule has 152 valence electrons. The van der Waals surface area contributed by atoms with Crippen LogP contribution in [0.3, 0.4) is 0 Å². The molecule has 0 unspecified atom stereocenters. The van der Waals surface area contributed by atoms with Gasteiger partial charge in [0.15, 0.2) is 0 Å². The molecular weight excluding hydrogens is 424 g/mol. The van der Waals surface area contributed by atoms with Crippen molar-refractivity contribution in [2.45, 2.75) is 11.4 Å². The van der Waals surface area contributed by atoms with Crippen molar-refractivity contribution < 1.29 is 17.6 Å². The molecule has 0 atom stereocenters. The Morgan fingerprint density at radius 2 is 1.73 bits per heavy atom. The van der Waals surface area contributed by atoms with E-state index in [9.17, 15) is 13.2 Å². The van der Waals surface area contributed by atoms with Gasteiger partial charge in [0.25, 0.3) is 5.91 Å². The summed E-state index contributed by atoms with van der Waals surface area (Å²) in [5.74, 6) is 0.0970. The molecule has 0 bridgehead atoms. The smallest absolute Gasteiger partial charge is 0.257 e. The zero-order chi connectivity index (χ0) is 21.0. The first-order valence-electron chi connectivity index (χ1n) is 8.84. The molecule has 10 heteroatoms. The van der Waals surface area contributed by atoms with Crippen LogP contribution in [0.5, 0.6) is 0 Å². The molecule has 0 saturated heterocycles. The average molecular weight is 441 g/mol. The van der Waals surface area contributed by atoms with Gasteiger partial charge in [0.1, 0.15) is 10.8 Å². The second-order valence-electron chi connectivity index (χ2n) is 6.16. The third-order valence-electron chi connectivity index (χ3n) is 4.11. The van der Waals surface area contributed by atoms with Crippen molar-refractivity contribution in [3.63, 3.8) is 0 Å². The molecule has 0 aliphatic heterocycles. The molecule has 0 aliphatic carbocycles. The molecule has 1 amide bonds. The minimum atomic E-state index is -3.73. The summed E-state index contributed by atoms with van der Waals surface area (Å²) in [5.41, 5.74) is 1.21. The van der Waals surface area contributed by atoms with Crippen LogP contribution >= 0.6 is 11.3 Å². The zero-order valence-corrected chi connectivity index (χ0v) is 17.1. The van der Waals surface area contributed by atoms with Crippen LogP contribution in [0.25, 0.3) is 10.6 Å². The highest BCUT2D eigenvalue weighted by molar-refractivity contribution is 7.89. The first-order valence-corrected chi connectivity index (χ1v) is 11.1. The largest absolute Gasteiger partial charge is 0.468 e. The van der Waals surface area contributed by atoms with E-state index in [1.165, 1.54) is 41.9 Å². The highest BCUT2D eigenvalue weighted by Gasteiger charge is 2.16. The maximum Gasteiger partial charge on any atom is 0.257 e. The average Bonchev–Trinajstić information content (AvgIpc) is 3.45. The first kappa shape index (κ1) is 20.0. The molecule has 4 aromatic rings. The van der Waals surface area contributed by atoms with Crippen molar-refractivity contribution in [2.24, 2.45) is 0 Å². The lowest BCUT2D eigenvalue weighted by Crippen LogP contribution is -2.23. The van der Waals surface area contributed by atoms with Crippen molar-refractivity contribution in [1.29, 1.82) is 0 Å². The van der Waals surface area contributed by atoms with Crippen LogP contribution < -0.4 is 10.0 Å². The van der Waals surface area contributed by atoms with Crippen LogP contribution in [0.15, 0.2) is 82.3 Å². The van der Waals surface area contributed by atoms with Gasteiger partial charge in [-0.3, -0.25) is 10.1 Å². The number of sulfonamides is 1. The van der Waals surface area contributed by atoms with E-state index in [-0.39, 0.29) is 11.4 Å². The normalized spacial score (nSPS) is 11.3. The number of anilines is 1. The predicted molar refractivity (Wildman–Crippen MR) is 112 cm³/mol. The van der Waals surface area contributed by atoms with E-state index in [1.807, 2.05) is 30.3 Å². The van der Waals surface area contributed by atoms with Crippen molar-refractivity contribution in [3.05, 3.63) is 84.3 Å². The van der Waals surface area contributed by atoms with Crippen LogP contribution in [-0.4, -0.2) is 24.5 Å². The van der Waals surface area contributed by atoms with E-state index in [1.54, 1.807) is 12.1 Å². The number of benzene rings is 2. The van der Waals surface area contributed by atoms with Gasteiger partial charge in [0, 0.05) is 11.1 Å². The maximum atomic E-state index is 12.5. The number of amides is 1. The molecule has 0 saturated carbocycles. The molecule has 0 radical (unpaired) electrons. The number of nitrogens with zero attached hydrogens (tertiary/aromatic N) is 2. The number of carbonyl (C=O) groups excluding carboxylic acids is 1. The molecule has 30 heavy (non-hydrogen) atoms. The Kier molecular flexibility index (Phi) is 5.70. The SMILES string of the molecule is O=C(Nc1nnc(-c2ccccc2)s1)c1ccc(S(=O)(=O)NCc2ccco2)cc1. The number of furan rings is 1. The van der Waals surface area contributed by atoms with Crippen molar-refractivity contribution in [2.75, 3.05) is 5.32 Å². The summed E-state index contributed by atoms with van der Waals surface area (Å²) in [6.45, 7) is 0.0400. The Balaban J connectivity index is 1.41. The molecule has 0 fully saturated rings. The van der Waals surface area contributed by atoms with E-state index in [4.69, 9.17) is 4.42 Å². The van der Waals surface area contributed by atoms with Crippen LogP contribution in [0.4, 0.5) is 5.13 Å². The van der Waals surface area contributed by atoms with Crippen LogP contribution in [0.1, 0.15) is 16.1 Å². The van der Waals surface area contributed by atoms with Gasteiger partial charge in [0.05, 0.1) is 17.7 Å². The summed E-state index contributed by atoms with van der Waals surface area (Å²) >= 11 is 1.25. The fourth-order valence-electron chi connectivity index (χ4n) is 2.59. The Morgan fingerprint density at radius 1 is 0.967 bits per heavy atom. The number of hydrogen-bond acceptors (Lipinski definition) is 7. The first-order chi connectivity index (χ1) is 14.5. The summed E-state index contributed by atoms with van der Waals surface area (Å²) in [6.07, 6.45) is 1.47. The zero-order valence-electron chi connectivity index (χ0n) is 15.5. The summed E-state index contributed by atoms with van der Waals surface area (Å²) in [5, 5.41) is 11.8. The summed E-state index contributed by atoms with van der Waals surface area (Å²) in [7, 11) is -3.73. The number of aromatic nitrogens is 2. The van der Waals surface area contributed by atoms with Crippen molar-refractivity contribution >= 4 is 32.4 Å². The Hall–Kier alpha value is -3.34. The minimum absolute atomic E-state index is 0.0400. The fraction of sp³-hybridized carbons (Fsp3) is 0.0500. The quantitative estimate of drug-likeness (QED) is 0.454. The topological polar surface area (TPSA) is 114 Å². The Morgan fingerprint density at radius 3 is 2.43 bits per heavy atom. The third kappa shape index (κ3) is 4.62. The Bertz CT molecular complexity index is 1240. The standard InChI is InChI=1S/C20H16N4O4S2/c25-18(22-20-24-23-19(29-20)15-5-2-1-3-6-15)14-8-10-17(11-9-14)30(26,27)21-13-16-7-4-12-28-16/h1-12,21H,13H2,(H,22,24,25). The molecular formula is C20H16N4O4S2. The molecule has 0 aliphatic rings. The van der Waals surface area contributed by atoms with Gasteiger partial charge in [0.2, 0.25) is 15.2 Å². The molecule has 2 aromatic carbocycles. The lowest BCUT2D eigenvalue weighted by atomic mass is 10.2. The van der Waals surface area contributed by atoms with E-state index < -0.39 is 15.9 Å². The minimum Gasteiger partial charge on any atom is -0.468 e. The van der Waals surface area contributed by atoms with Gasteiger partial charge in [-0.05, 0) is 36.4 Å². The highest BCUT2D eigenvalue weighted by Crippen LogP contribution is 2.26. The van der Waals surface area contributed by atoms with Gasteiger partial charge in [-0.15, -0.1) is 10.2 Å². The fourth-order valence-corrected chi connectivity index (χ4v) is 4.33. The van der Waals surface area contributed by atoms with Gasteiger partial charge in [-0.25, -0.2) is 13.1 Å². The van der Waals surface area contributed by atoms with Gasteiger partial charge < -0.3 is 4.42 Å². The molecule has 4 rings (SSSR count). The van der Waals surface area contributed by atoms with Gasteiger partial charge in [-0.2, -0.15) is 0 Å². The second kappa shape index (κ2) is 8.57. The molecule has 2 N–H and O–H groups in total. The second-order valence-corrected chi connectivity index (χ2v) is 8.91. The summed E-state index contributed by atoms with van der Waals surface area (Å²) in [6, 6.07) is 18.5. The van der Waals surface area contributed by atoms with E-state index in [0.717, 1.165) is 5.56 Å². The lowest BCUT2D eigenvalue weighted by Gasteiger charge is -2.06. The molecule has 2 heterocycles. The van der Waals surface area contributed by atoms with Crippen molar-refractivity contribution in [3.8, 4) is 10.6 Å². The monoisotopic (exact) mass is 440 g/mol. The molecule has 8 nitrogen and oxygen atoms in total. The third-order valence-corrected chi connectivity index (χ3v) is 6.41. The van der Waals surface area contributed by atoms with E-state index in [0.29, 0.717) is 21.5 Å². The van der Waals surface area contributed by atoms with Crippen molar-refractivity contribution in [1.82, 2.24) is 14.9 Å². The highest BCUT2D eigenvalue weighted by atomic mass is 32.2. The lowest BCUT2D eigenvalue weighted by molar-refractivity contribution is 0.102. The number of hydrogen-bond donors (Lipinski definition) is 2. The van der Waals surface area contributed by atoms with Crippen LogP contribution in [0, 0.1) is 0 Å². The number of carbonyl (C=O) groups is 1. The summed E-state index contributed by atoms with van der Waals surface area (Å²) in [4.78, 5) is 12.5. The van der Waals surface area contributed by atoms with E-state index in [2.05, 4.69) is 20.2 Å². The maximum absolute atomic E-state index is 12.5. The number of nitrogens with one attached hydrogen (secondary N) is 2. The van der Waals surface area contributed by atoms with Gasteiger partial charge in [-0.1, -0.05) is 41.7 Å². The van der Waals surface area contributed by atoms with Crippen LogP contribution in [0.2, 0.25) is 0 Å². The van der Waals surface area contributed by atoms with E-state index >= 15 is 0 Å². The molecule has 2 aromatic heterocycles. The van der Waals surface area contributed by atoms with Gasteiger partial charge >= 0.3 is 0 Å². The number of rotatable bonds is 7. The molecule has 0 spiro atoms. The summed E-state index contributed by atoms with van der Waals surface area (Å²) < 4.78 is 32.3.